The van der Waals surface area contributed by atoms with Crippen LogP contribution in [0.3, 0.4) is 0 Å². The van der Waals surface area contributed by atoms with Crippen molar-refractivity contribution in [1.82, 2.24) is 14.5 Å². The fourth-order valence-electron chi connectivity index (χ4n) is 10.2. The van der Waals surface area contributed by atoms with Gasteiger partial charge in [-0.2, -0.15) is 0 Å². The molecule has 54 heavy (non-hydrogen) atoms. The first kappa shape index (κ1) is 37.9. The van der Waals surface area contributed by atoms with Crippen molar-refractivity contribution in [2.45, 2.75) is 74.7 Å². The summed E-state index contributed by atoms with van der Waals surface area (Å²) in [6, 6.07) is 12.4. The maximum atomic E-state index is 14.1. The minimum absolute atomic E-state index is 0.00128. The standard InChI is InChI=1S/C43H57ClN4O5S/c1-5-53-43(28-46-18-19-47-20-21-51-26-36(47)25-46)17-6-8-30(2)31(3)54(4,50)45-41(49)33-11-15-40-39(23-33)48(24-34-10-13-38(34)43)27-42(29-52-40)16-7-9-32-22-35(44)12-14-37(32)42/h5-6,11-12,14-15,17,22-23,30-31,34,36,38H,1,4,7-10,13,16,18-21,24-29H2,2-3H3,(H,45,49,50)/b17-6+/t30-,31+,34-,36-,38+,42-,43-,54?/m0/s1. The minimum Gasteiger partial charge on any atom is -0.490 e. The van der Waals surface area contributed by atoms with E-state index in [0.717, 1.165) is 108 Å². The maximum Gasteiger partial charge on any atom is 0.262 e. The molecule has 1 spiro atoms. The number of rotatable bonds is 4. The third-order valence-electron chi connectivity index (χ3n) is 13.7. The lowest BCUT2D eigenvalue weighted by atomic mass is 9.63. The van der Waals surface area contributed by atoms with Crippen LogP contribution in [0, 0.1) is 17.8 Å². The third-order valence-corrected chi connectivity index (χ3v) is 16.1. The second-order valence-electron chi connectivity index (χ2n) is 16.9. The molecule has 4 aliphatic heterocycles. The van der Waals surface area contributed by atoms with Crippen molar-refractivity contribution in [3.8, 4) is 5.75 Å². The van der Waals surface area contributed by atoms with Gasteiger partial charge in [0.2, 0.25) is 0 Å². The van der Waals surface area contributed by atoms with Crippen LogP contribution < -0.4 is 14.4 Å². The molecule has 2 bridgehead atoms. The first-order valence-corrected chi connectivity index (χ1v) is 22.2. The lowest BCUT2D eigenvalue weighted by molar-refractivity contribution is -0.0950. The summed E-state index contributed by atoms with van der Waals surface area (Å²) in [6.45, 7) is 16.5. The van der Waals surface area contributed by atoms with Gasteiger partial charge in [0.15, 0.2) is 0 Å². The first-order chi connectivity index (χ1) is 26.0. The van der Waals surface area contributed by atoms with Gasteiger partial charge in [-0.15, -0.1) is 0 Å². The monoisotopic (exact) mass is 776 g/mol. The SMILES string of the molecule is C=CO[C@]1(CN2CCN3CCOC[C@@H]3C2)/C=C/C[C@H](C)[C@@H](C)S(=C)(=O)NC(=O)c2ccc3c(c2)N(C[C@@H]2CC[C@H]21)C[C@@]1(CCCc2cc(Cl)ccc21)CO3. The predicted molar refractivity (Wildman–Crippen MR) is 218 cm³/mol. The summed E-state index contributed by atoms with van der Waals surface area (Å²) >= 11 is 6.53. The molecule has 2 aliphatic carbocycles. The van der Waals surface area contributed by atoms with Gasteiger partial charge in [0.05, 0.1) is 41.5 Å². The number of ether oxygens (including phenoxy) is 3. The van der Waals surface area contributed by atoms with Crippen LogP contribution in [0.25, 0.3) is 0 Å². The summed E-state index contributed by atoms with van der Waals surface area (Å²) in [7, 11) is -2.98. The highest BCUT2D eigenvalue weighted by atomic mass is 35.5. The van der Waals surface area contributed by atoms with Crippen LogP contribution in [0.2, 0.25) is 5.02 Å². The summed E-state index contributed by atoms with van der Waals surface area (Å²) in [5, 5.41) is 0.404. The third kappa shape index (κ3) is 7.22. The molecule has 1 N–H and O–H groups in total. The number of amides is 1. The Kier molecular flexibility index (Phi) is 10.6. The lowest BCUT2D eigenvalue weighted by Crippen LogP contribution is -2.62. The Morgan fingerprint density at radius 1 is 1.13 bits per heavy atom. The number of piperazine rings is 1. The Labute approximate surface area is 327 Å². The zero-order chi connectivity index (χ0) is 37.7. The van der Waals surface area contributed by atoms with Gasteiger partial charge in [0.1, 0.15) is 11.4 Å². The van der Waals surface area contributed by atoms with Crippen LogP contribution >= 0.6 is 11.6 Å². The van der Waals surface area contributed by atoms with Crippen molar-refractivity contribution in [2.75, 3.05) is 70.5 Å². The van der Waals surface area contributed by atoms with E-state index in [-0.39, 0.29) is 28.4 Å². The molecular weight excluding hydrogens is 720 g/mol. The van der Waals surface area contributed by atoms with Gasteiger partial charge in [0, 0.05) is 79.0 Å². The van der Waals surface area contributed by atoms with Crippen LogP contribution in [0.4, 0.5) is 5.69 Å². The molecule has 2 aromatic carbocycles. The molecule has 3 fully saturated rings. The molecule has 11 heteroatoms. The van der Waals surface area contributed by atoms with Crippen molar-refractivity contribution in [3.05, 3.63) is 83.1 Å². The van der Waals surface area contributed by atoms with Crippen LogP contribution in [-0.4, -0.2) is 108 Å². The molecule has 8 rings (SSSR count). The summed E-state index contributed by atoms with van der Waals surface area (Å²) < 4.78 is 36.4. The lowest BCUT2D eigenvalue weighted by Gasteiger charge is -2.53. The van der Waals surface area contributed by atoms with E-state index in [1.54, 1.807) is 12.3 Å². The van der Waals surface area contributed by atoms with Gasteiger partial charge in [-0.1, -0.05) is 37.2 Å². The fraction of sp³-hybridized carbons (Fsp3) is 0.581. The molecule has 4 heterocycles. The Morgan fingerprint density at radius 3 is 2.81 bits per heavy atom. The Hall–Kier alpha value is -3.02. The molecule has 0 radical (unpaired) electrons. The van der Waals surface area contributed by atoms with Gasteiger partial charge in [0.25, 0.3) is 5.91 Å². The van der Waals surface area contributed by atoms with E-state index in [1.807, 2.05) is 25.1 Å². The second-order valence-corrected chi connectivity index (χ2v) is 19.8. The largest absolute Gasteiger partial charge is 0.490 e. The van der Waals surface area contributed by atoms with E-state index in [0.29, 0.717) is 30.6 Å². The highest BCUT2D eigenvalue weighted by Gasteiger charge is 2.51. The number of halogens is 1. The molecule has 6 aliphatic rings. The fourth-order valence-corrected chi connectivity index (χ4v) is 11.9. The van der Waals surface area contributed by atoms with Crippen LogP contribution in [0.15, 0.2) is 61.4 Å². The number of fused-ring (bicyclic) bond motifs is 5. The predicted octanol–water partition coefficient (Wildman–Crippen LogP) is 6.10. The molecule has 0 aromatic heterocycles. The van der Waals surface area contributed by atoms with Crippen molar-refractivity contribution in [2.24, 2.45) is 17.8 Å². The van der Waals surface area contributed by atoms with Crippen LogP contribution in [0.1, 0.15) is 67.4 Å². The van der Waals surface area contributed by atoms with E-state index in [1.165, 1.54) is 11.1 Å². The Balaban J connectivity index is 1.20. The van der Waals surface area contributed by atoms with Gasteiger partial charge < -0.3 is 19.1 Å². The smallest absolute Gasteiger partial charge is 0.262 e. The quantitative estimate of drug-likeness (QED) is 0.227. The highest BCUT2D eigenvalue weighted by Crippen LogP contribution is 2.49. The second kappa shape index (κ2) is 15.1. The zero-order valence-corrected chi connectivity index (χ0v) is 33.6. The van der Waals surface area contributed by atoms with Crippen molar-refractivity contribution >= 4 is 38.8 Å². The Morgan fingerprint density at radius 2 is 2.00 bits per heavy atom. The molecule has 2 aromatic rings. The van der Waals surface area contributed by atoms with Gasteiger partial charge in [-0.25, -0.2) is 4.21 Å². The molecule has 292 valence electrons. The van der Waals surface area contributed by atoms with E-state index in [9.17, 15) is 9.00 Å². The van der Waals surface area contributed by atoms with E-state index < -0.39 is 15.3 Å². The first-order valence-electron chi connectivity index (χ1n) is 20.0. The molecule has 1 unspecified atom stereocenters. The number of aryl methyl sites for hydroxylation is 1. The van der Waals surface area contributed by atoms with E-state index in [2.05, 4.69) is 63.1 Å². The molecule has 9 nitrogen and oxygen atoms in total. The number of carbonyl (C=O) groups excluding carboxylic acids is 1. The molecule has 2 saturated heterocycles. The average Bonchev–Trinajstić information content (AvgIpc) is 3.29. The van der Waals surface area contributed by atoms with Gasteiger partial charge in [-0.3, -0.25) is 19.3 Å². The number of morpholine rings is 1. The number of nitrogens with zero attached hydrogens (tertiary/aromatic N) is 3. The summed E-state index contributed by atoms with van der Waals surface area (Å²) in [5.74, 6) is 5.03. The van der Waals surface area contributed by atoms with Crippen LogP contribution in [-0.2, 0) is 31.0 Å². The van der Waals surface area contributed by atoms with Crippen LogP contribution in [0.5, 0.6) is 5.75 Å². The number of benzene rings is 2. The van der Waals surface area contributed by atoms with E-state index >= 15 is 0 Å². The summed E-state index contributed by atoms with van der Waals surface area (Å²) in [5.41, 5.74) is 3.11. The highest BCUT2D eigenvalue weighted by molar-refractivity contribution is 7.99. The maximum absolute atomic E-state index is 14.1. The van der Waals surface area contributed by atoms with Crippen molar-refractivity contribution < 1.29 is 23.2 Å². The van der Waals surface area contributed by atoms with Crippen molar-refractivity contribution in [1.29, 1.82) is 0 Å². The molecule has 1 saturated carbocycles. The zero-order valence-electron chi connectivity index (χ0n) is 32.0. The number of anilines is 1. The number of carbonyl (C=O) groups is 1. The number of hydrogen-bond acceptors (Lipinski definition) is 8. The minimum atomic E-state index is -2.98. The topological polar surface area (TPSA) is 83.6 Å². The number of hydrogen-bond donors (Lipinski definition) is 1. The number of allylic oxidation sites excluding steroid dienone is 1. The van der Waals surface area contributed by atoms with Gasteiger partial charge in [-0.05, 0) is 111 Å². The average molecular weight is 777 g/mol. The number of nitrogens with one attached hydrogen (secondary N) is 1. The molecule has 1 amide bonds. The normalized spacial score (nSPS) is 36.6. The molecular formula is C43H57ClN4O5S. The van der Waals surface area contributed by atoms with E-state index in [4.69, 9.17) is 25.8 Å². The van der Waals surface area contributed by atoms with Crippen molar-refractivity contribution in [3.63, 3.8) is 0 Å². The van der Waals surface area contributed by atoms with Gasteiger partial charge >= 0.3 is 0 Å². The molecule has 8 atom stereocenters. The Bertz CT molecular complexity index is 1890. The summed E-state index contributed by atoms with van der Waals surface area (Å²) in [6.07, 6.45) is 12.0. The summed E-state index contributed by atoms with van der Waals surface area (Å²) in [4.78, 5) is 21.5.